The fourth-order valence-corrected chi connectivity index (χ4v) is 4.05. The number of fused-ring (bicyclic) bond motifs is 1. The molecule has 2 aromatic carbocycles. The number of aromatic nitrogens is 2. The van der Waals surface area contributed by atoms with Gasteiger partial charge >= 0.3 is 5.97 Å². The molecule has 174 valence electrons. The lowest BCUT2D eigenvalue weighted by molar-refractivity contribution is -0.144. The van der Waals surface area contributed by atoms with E-state index in [-0.39, 0.29) is 5.78 Å². The molecule has 0 unspecified atom stereocenters. The molecule has 0 spiro atoms. The van der Waals surface area contributed by atoms with Gasteiger partial charge in [-0.3, -0.25) is 9.78 Å². The molecule has 0 fully saturated rings. The van der Waals surface area contributed by atoms with E-state index in [1.807, 2.05) is 17.6 Å². The van der Waals surface area contributed by atoms with Gasteiger partial charge in [0.15, 0.2) is 11.9 Å². The molecule has 0 saturated heterocycles. The van der Waals surface area contributed by atoms with E-state index in [9.17, 15) is 9.59 Å². The summed E-state index contributed by atoms with van der Waals surface area (Å²) >= 11 is 6.47. The monoisotopic (exact) mass is 478 g/mol. The highest BCUT2D eigenvalue weighted by molar-refractivity contribution is 6.31. The fraction of sp³-hybridized carbons (Fsp3) is 0.192. The second kappa shape index (κ2) is 9.57. The van der Waals surface area contributed by atoms with Crippen molar-refractivity contribution in [1.82, 2.24) is 9.55 Å². The molecule has 0 aliphatic rings. The molecule has 0 aliphatic carbocycles. The predicted molar refractivity (Wildman–Crippen MR) is 129 cm³/mol. The van der Waals surface area contributed by atoms with Crippen LogP contribution in [0, 0.1) is 6.92 Å². The van der Waals surface area contributed by atoms with Gasteiger partial charge < -0.3 is 19.1 Å². The molecule has 8 heteroatoms. The minimum absolute atomic E-state index is 0.115. The van der Waals surface area contributed by atoms with E-state index in [1.165, 1.54) is 6.92 Å². The molecule has 0 aliphatic heterocycles. The van der Waals surface area contributed by atoms with Crippen molar-refractivity contribution in [1.29, 1.82) is 0 Å². The second-order valence-electron chi connectivity index (χ2n) is 7.85. The molecular weight excluding hydrogens is 456 g/mol. The predicted octanol–water partition coefficient (Wildman–Crippen LogP) is 5.14. The summed E-state index contributed by atoms with van der Waals surface area (Å²) < 4.78 is 12.7. The Balaban J connectivity index is 1.76. The Morgan fingerprint density at radius 2 is 1.82 bits per heavy atom. The van der Waals surface area contributed by atoms with Gasteiger partial charge in [-0.15, -0.1) is 0 Å². The number of benzene rings is 2. The molecule has 0 radical (unpaired) electrons. The Hall–Kier alpha value is -3.84. The van der Waals surface area contributed by atoms with Crippen molar-refractivity contribution in [2.24, 2.45) is 0 Å². The second-order valence-corrected chi connectivity index (χ2v) is 8.26. The highest BCUT2D eigenvalue weighted by Gasteiger charge is 2.22. The molecule has 1 atom stereocenters. The summed E-state index contributed by atoms with van der Waals surface area (Å²) in [6.07, 6.45) is 2.36. The van der Waals surface area contributed by atoms with Gasteiger partial charge in [-0.25, -0.2) is 4.79 Å². The van der Waals surface area contributed by atoms with Crippen LogP contribution in [0.15, 0.2) is 60.9 Å². The molecule has 4 aromatic rings. The van der Waals surface area contributed by atoms with Gasteiger partial charge in [0.25, 0.3) is 0 Å². The highest BCUT2D eigenvalue weighted by Crippen LogP contribution is 2.31. The van der Waals surface area contributed by atoms with Gasteiger partial charge in [0.1, 0.15) is 11.5 Å². The maximum Gasteiger partial charge on any atom is 0.344 e. The number of halogens is 1. The molecule has 2 aromatic heterocycles. The van der Waals surface area contributed by atoms with Crippen LogP contribution in [0.1, 0.15) is 34.1 Å². The molecule has 0 amide bonds. The number of hydrogen-bond donors (Lipinski definition) is 1. The normalized spacial score (nSPS) is 11.9. The third-order valence-electron chi connectivity index (χ3n) is 5.71. The number of hydrogen-bond acceptors (Lipinski definition) is 5. The van der Waals surface area contributed by atoms with E-state index in [4.69, 9.17) is 26.2 Å². The maximum atomic E-state index is 13.5. The zero-order chi connectivity index (χ0) is 24.4. The van der Waals surface area contributed by atoms with Crippen LogP contribution in [0.2, 0.25) is 5.02 Å². The quantitative estimate of drug-likeness (QED) is 0.353. The number of ketones is 1. The zero-order valence-corrected chi connectivity index (χ0v) is 19.7. The first kappa shape index (κ1) is 23.3. The average molecular weight is 479 g/mol. The smallest absolute Gasteiger partial charge is 0.344 e. The van der Waals surface area contributed by atoms with Crippen molar-refractivity contribution in [3.8, 4) is 11.5 Å². The topological polar surface area (TPSA) is 90.7 Å². The van der Waals surface area contributed by atoms with Crippen LogP contribution in [0.4, 0.5) is 0 Å². The average Bonchev–Trinajstić information content (AvgIpc) is 3.11. The van der Waals surface area contributed by atoms with Gasteiger partial charge in [-0.2, -0.15) is 0 Å². The number of rotatable bonds is 8. The molecule has 2 heterocycles. The van der Waals surface area contributed by atoms with Crippen LogP contribution < -0.4 is 9.47 Å². The number of ether oxygens (including phenoxy) is 2. The minimum Gasteiger partial charge on any atom is -0.497 e. The summed E-state index contributed by atoms with van der Waals surface area (Å²) in [7, 11) is 1.58. The number of pyridine rings is 1. The van der Waals surface area contributed by atoms with E-state index >= 15 is 0 Å². The summed E-state index contributed by atoms with van der Waals surface area (Å²) in [5.74, 6) is -0.0979. The Morgan fingerprint density at radius 1 is 1.12 bits per heavy atom. The van der Waals surface area contributed by atoms with E-state index in [0.717, 1.165) is 22.2 Å². The van der Waals surface area contributed by atoms with Crippen LogP contribution in [-0.2, 0) is 11.3 Å². The fourth-order valence-electron chi connectivity index (χ4n) is 3.87. The van der Waals surface area contributed by atoms with Crippen molar-refractivity contribution in [3.63, 3.8) is 0 Å². The highest BCUT2D eigenvalue weighted by atomic mass is 35.5. The number of nitrogens with zero attached hydrogens (tertiary/aromatic N) is 2. The first-order valence-corrected chi connectivity index (χ1v) is 11.0. The van der Waals surface area contributed by atoms with E-state index in [1.54, 1.807) is 62.0 Å². The molecule has 7 nitrogen and oxygen atoms in total. The number of methoxy groups -OCH3 is 1. The largest absolute Gasteiger partial charge is 0.497 e. The number of carboxylic acid groups (broad SMARTS) is 1. The number of carbonyl (C=O) groups excluding carboxylic acids is 1. The SMILES string of the molecule is COc1ccc(C(=O)c2c(C)n(Cc3cc(O[C@@H](C)C(=O)O)ccc3Cl)c3ccncc23)cc1. The first-order chi connectivity index (χ1) is 16.3. The summed E-state index contributed by atoms with van der Waals surface area (Å²) in [4.78, 5) is 28.9. The molecule has 4 rings (SSSR count). The van der Waals surface area contributed by atoms with E-state index in [2.05, 4.69) is 4.98 Å². The van der Waals surface area contributed by atoms with Crippen LogP contribution in [-0.4, -0.2) is 39.6 Å². The summed E-state index contributed by atoms with van der Waals surface area (Å²) in [5.41, 5.74) is 3.45. The Bertz CT molecular complexity index is 1380. The maximum absolute atomic E-state index is 13.5. The standard InChI is InChI=1S/C26H23ClN2O5/c1-15-24(25(30)17-4-6-19(33-3)7-5-17)21-13-28-11-10-23(21)29(15)14-18-12-20(8-9-22(18)27)34-16(2)26(31)32/h4-13,16H,14H2,1-3H3,(H,31,32)/t16-/m0/s1. The van der Waals surface area contributed by atoms with Crippen molar-refractivity contribution in [2.45, 2.75) is 26.5 Å². The molecule has 1 N–H and O–H groups in total. The Kier molecular flexibility index (Phi) is 6.56. The van der Waals surface area contributed by atoms with Crippen molar-refractivity contribution in [2.75, 3.05) is 7.11 Å². The Morgan fingerprint density at radius 3 is 2.50 bits per heavy atom. The lowest BCUT2D eigenvalue weighted by atomic mass is 10.0. The van der Waals surface area contributed by atoms with E-state index in [0.29, 0.717) is 34.2 Å². The van der Waals surface area contributed by atoms with Crippen molar-refractivity contribution < 1.29 is 24.2 Å². The van der Waals surface area contributed by atoms with Gasteiger partial charge in [-0.05, 0) is 67.9 Å². The van der Waals surface area contributed by atoms with Gasteiger partial charge in [0.2, 0.25) is 0 Å². The summed E-state index contributed by atoms with van der Waals surface area (Å²) in [6, 6.07) is 13.9. The number of aliphatic carboxylic acids is 1. The zero-order valence-electron chi connectivity index (χ0n) is 18.9. The van der Waals surface area contributed by atoms with Crippen LogP contribution in [0.25, 0.3) is 10.9 Å². The van der Waals surface area contributed by atoms with Crippen LogP contribution in [0.3, 0.4) is 0 Å². The lowest BCUT2D eigenvalue weighted by Gasteiger charge is -2.14. The van der Waals surface area contributed by atoms with Crippen LogP contribution in [0.5, 0.6) is 11.5 Å². The lowest BCUT2D eigenvalue weighted by Crippen LogP contribution is -2.22. The summed E-state index contributed by atoms with van der Waals surface area (Å²) in [6.45, 7) is 3.71. The third-order valence-corrected chi connectivity index (χ3v) is 6.08. The van der Waals surface area contributed by atoms with E-state index < -0.39 is 12.1 Å². The number of carbonyl (C=O) groups is 2. The molecular formula is C26H23ClN2O5. The van der Waals surface area contributed by atoms with Gasteiger partial charge in [-0.1, -0.05) is 11.6 Å². The molecule has 0 bridgehead atoms. The number of carboxylic acids is 1. The third kappa shape index (κ3) is 4.47. The first-order valence-electron chi connectivity index (χ1n) is 10.6. The molecule has 0 saturated carbocycles. The van der Waals surface area contributed by atoms with Crippen molar-refractivity contribution >= 4 is 34.3 Å². The Labute approximate surface area is 201 Å². The van der Waals surface area contributed by atoms with Gasteiger partial charge in [0, 0.05) is 40.6 Å². The summed E-state index contributed by atoms with van der Waals surface area (Å²) in [5, 5.41) is 10.4. The van der Waals surface area contributed by atoms with Crippen LogP contribution >= 0.6 is 11.6 Å². The van der Waals surface area contributed by atoms with Crippen molar-refractivity contribution in [3.05, 3.63) is 88.3 Å². The minimum atomic E-state index is -1.06. The van der Waals surface area contributed by atoms with Gasteiger partial charge in [0.05, 0.1) is 18.2 Å². The molecule has 34 heavy (non-hydrogen) atoms.